The molecule has 0 heterocycles. The second-order valence-corrected chi connectivity index (χ2v) is 18.4. The molecule has 0 saturated heterocycles. The molecule has 0 spiro atoms. The Balaban J connectivity index is 0.000000178. The van der Waals surface area contributed by atoms with E-state index in [1.807, 2.05) is 0 Å². The third-order valence-electron chi connectivity index (χ3n) is 15.5. The van der Waals surface area contributed by atoms with Gasteiger partial charge in [-0.3, -0.25) is 0 Å². The molecule has 6 saturated carbocycles. The Bertz CT molecular complexity index is 958. The highest BCUT2D eigenvalue weighted by molar-refractivity contribution is 5.15. The van der Waals surface area contributed by atoms with Crippen molar-refractivity contribution in [3.8, 4) is 24.3 Å². The van der Waals surface area contributed by atoms with Crippen LogP contribution in [0.3, 0.4) is 0 Å². The fourth-order valence-electron chi connectivity index (χ4n) is 11.8. The van der Waals surface area contributed by atoms with E-state index in [9.17, 15) is 0 Å². The average Bonchev–Trinajstić information content (AvgIpc) is 3.07. The number of terminal acetylenes is 1. The minimum atomic E-state index is 0.271. The zero-order chi connectivity index (χ0) is 31.9. The molecular weight excluding hydrogens is 542 g/mol. The van der Waals surface area contributed by atoms with Crippen LogP contribution in [0.5, 0.6) is 0 Å². The maximum atomic E-state index is 6.10. The molecule has 6 fully saturated rings. The van der Waals surface area contributed by atoms with E-state index in [0.29, 0.717) is 0 Å². The quantitative estimate of drug-likeness (QED) is 0.247. The van der Waals surface area contributed by atoms with Crippen LogP contribution in [0.2, 0.25) is 0 Å². The SMILES string of the molecule is C#CC1(C2CCC(C)CC2)CCC(C2CCC(C)CC2)CC1.CC1CCC(C2CCC(C#CN)(C3CCC(C)CC3)CC2)CC1. The van der Waals surface area contributed by atoms with Crippen molar-refractivity contribution in [3.05, 3.63) is 0 Å². The number of nitrogens with two attached hydrogens (primary N) is 1. The van der Waals surface area contributed by atoms with Gasteiger partial charge in [0.1, 0.15) is 0 Å². The molecule has 6 rings (SSSR count). The van der Waals surface area contributed by atoms with Crippen molar-refractivity contribution in [2.75, 3.05) is 0 Å². The van der Waals surface area contributed by atoms with E-state index in [1.165, 1.54) is 154 Å². The molecule has 0 amide bonds. The van der Waals surface area contributed by atoms with Gasteiger partial charge in [0.25, 0.3) is 0 Å². The Labute approximate surface area is 281 Å². The summed E-state index contributed by atoms with van der Waals surface area (Å²) in [5.74, 6) is 16.4. The van der Waals surface area contributed by atoms with Crippen LogP contribution in [0.1, 0.15) is 182 Å². The molecule has 0 radical (unpaired) electrons. The van der Waals surface area contributed by atoms with Gasteiger partial charge in [0.2, 0.25) is 0 Å². The molecule has 2 N–H and O–H groups in total. The highest BCUT2D eigenvalue weighted by Crippen LogP contribution is 2.54. The molecule has 0 aromatic rings. The highest BCUT2D eigenvalue weighted by atomic mass is 14.5. The van der Waals surface area contributed by atoms with Gasteiger partial charge in [-0.1, -0.05) is 90.9 Å². The first-order chi connectivity index (χ1) is 21.8. The molecule has 6 aliphatic carbocycles. The van der Waals surface area contributed by atoms with Gasteiger partial charge in [-0.05, 0) is 162 Å². The summed E-state index contributed by atoms with van der Waals surface area (Å²) in [6, 6.07) is 2.84. The van der Waals surface area contributed by atoms with E-state index in [2.05, 4.69) is 45.6 Å². The number of hydrogen-bond donors (Lipinski definition) is 1. The highest BCUT2D eigenvalue weighted by Gasteiger charge is 2.44. The number of hydrogen-bond acceptors (Lipinski definition) is 1. The Morgan fingerprint density at radius 2 is 0.711 bits per heavy atom. The predicted molar refractivity (Wildman–Crippen MR) is 194 cm³/mol. The van der Waals surface area contributed by atoms with Crippen molar-refractivity contribution in [2.45, 2.75) is 182 Å². The van der Waals surface area contributed by atoms with Gasteiger partial charge in [0, 0.05) is 16.9 Å². The van der Waals surface area contributed by atoms with Gasteiger partial charge >= 0.3 is 0 Å². The summed E-state index contributed by atoms with van der Waals surface area (Å²) in [6.07, 6.45) is 40.2. The summed E-state index contributed by atoms with van der Waals surface area (Å²) in [6.45, 7) is 9.70. The fraction of sp³-hybridized carbons (Fsp3) is 0.909. The molecule has 0 aromatic carbocycles. The summed E-state index contributed by atoms with van der Waals surface area (Å²) in [4.78, 5) is 0. The van der Waals surface area contributed by atoms with Crippen molar-refractivity contribution in [2.24, 2.45) is 75.7 Å². The smallest absolute Gasteiger partial charge is 0.0361 e. The Kier molecular flexibility index (Phi) is 12.8. The van der Waals surface area contributed by atoms with Crippen LogP contribution in [0.4, 0.5) is 0 Å². The van der Waals surface area contributed by atoms with Crippen molar-refractivity contribution < 1.29 is 0 Å². The summed E-state index contributed by atoms with van der Waals surface area (Å²) < 4.78 is 0. The summed E-state index contributed by atoms with van der Waals surface area (Å²) in [7, 11) is 0. The maximum absolute atomic E-state index is 6.10. The summed E-state index contributed by atoms with van der Waals surface area (Å²) in [5.41, 5.74) is 6.26. The van der Waals surface area contributed by atoms with Gasteiger partial charge in [-0.2, -0.15) is 0 Å². The third-order valence-corrected chi connectivity index (χ3v) is 15.5. The van der Waals surface area contributed by atoms with Gasteiger partial charge in [-0.25, -0.2) is 0 Å². The molecule has 0 aromatic heterocycles. The Morgan fingerprint density at radius 3 is 1.04 bits per heavy atom. The Morgan fingerprint density at radius 1 is 0.422 bits per heavy atom. The average molecular weight is 616 g/mol. The van der Waals surface area contributed by atoms with Crippen LogP contribution in [0, 0.1) is 94.3 Å². The predicted octanol–water partition coefficient (Wildman–Crippen LogP) is 12.2. The number of rotatable bonds is 4. The van der Waals surface area contributed by atoms with Crippen LogP contribution in [-0.2, 0) is 0 Å². The Hall–Kier alpha value is -1.08. The van der Waals surface area contributed by atoms with E-state index >= 15 is 0 Å². The molecule has 45 heavy (non-hydrogen) atoms. The first-order valence-electron chi connectivity index (χ1n) is 20.5. The van der Waals surface area contributed by atoms with E-state index < -0.39 is 0 Å². The largest absolute Gasteiger partial charge is 0.359 e. The van der Waals surface area contributed by atoms with Gasteiger partial charge < -0.3 is 5.73 Å². The van der Waals surface area contributed by atoms with Gasteiger partial charge in [0.05, 0.1) is 0 Å². The lowest BCUT2D eigenvalue weighted by molar-refractivity contribution is 0.0656. The van der Waals surface area contributed by atoms with Crippen LogP contribution in [0.15, 0.2) is 0 Å². The monoisotopic (exact) mass is 616 g/mol. The first kappa shape index (κ1) is 35.2. The molecule has 254 valence electrons. The molecule has 0 aliphatic heterocycles. The molecule has 1 nitrogen and oxygen atoms in total. The lowest BCUT2D eigenvalue weighted by atomic mass is 9.57. The topological polar surface area (TPSA) is 26.0 Å². The zero-order valence-corrected chi connectivity index (χ0v) is 30.4. The zero-order valence-electron chi connectivity index (χ0n) is 30.4. The van der Waals surface area contributed by atoms with Crippen molar-refractivity contribution in [1.82, 2.24) is 0 Å². The van der Waals surface area contributed by atoms with E-state index in [0.717, 1.165) is 59.2 Å². The second kappa shape index (κ2) is 16.3. The molecule has 6 aliphatic rings. The lowest BCUT2D eigenvalue weighted by Gasteiger charge is -2.46. The van der Waals surface area contributed by atoms with E-state index in [1.54, 1.807) is 0 Å². The van der Waals surface area contributed by atoms with Crippen LogP contribution >= 0.6 is 0 Å². The van der Waals surface area contributed by atoms with Gasteiger partial charge in [-0.15, -0.1) is 6.42 Å². The van der Waals surface area contributed by atoms with Crippen LogP contribution < -0.4 is 5.73 Å². The molecule has 0 unspecified atom stereocenters. The van der Waals surface area contributed by atoms with Crippen LogP contribution in [0.25, 0.3) is 0 Å². The fourth-order valence-corrected chi connectivity index (χ4v) is 11.8. The van der Waals surface area contributed by atoms with Crippen LogP contribution in [-0.4, -0.2) is 0 Å². The van der Waals surface area contributed by atoms with Crippen molar-refractivity contribution in [3.63, 3.8) is 0 Å². The first-order valence-corrected chi connectivity index (χ1v) is 20.5. The summed E-state index contributed by atoms with van der Waals surface area (Å²) >= 11 is 0. The van der Waals surface area contributed by atoms with E-state index in [4.69, 9.17) is 12.2 Å². The standard InChI is InChI=1S/C22H37N.C22H36/c1-17-3-7-19(8-4-17)20-11-13-22(14-12-20,15-16-23)21-9-5-18(2)6-10-21;1-4-22(21-11-7-18(3)8-12-21)15-13-20(14-16-22)19-9-5-17(2)6-10-19/h17-21H,3-14,23H2,1-2H3;1,17-21H,5-16H2,2-3H3. The minimum Gasteiger partial charge on any atom is -0.359 e. The molecule has 0 bridgehead atoms. The normalized spacial score (nSPS) is 45.9. The van der Waals surface area contributed by atoms with Gasteiger partial charge in [0.15, 0.2) is 0 Å². The van der Waals surface area contributed by atoms with E-state index in [-0.39, 0.29) is 10.8 Å². The maximum Gasteiger partial charge on any atom is 0.0361 e. The molecule has 0 atom stereocenters. The second-order valence-electron chi connectivity index (χ2n) is 18.4. The lowest BCUT2D eigenvalue weighted by Crippen LogP contribution is -2.38. The van der Waals surface area contributed by atoms with Crippen molar-refractivity contribution in [1.29, 1.82) is 0 Å². The third kappa shape index (κ3) is 8.89. The molecule has 1 heteroatoms. The summed E-state index contributed by atoms with van der Waals surface area (Å²) in [5, 5.41) is 0. The molecular formula is C44H73N. The minimum absolute atomic E-state index is 0.271. The van der Waals surface area contributed by atoms with Crippen molar-refractivity contribution >= 4 is 0 Å².